The summed E-state index contributed by atoms with van der Waals surface area (Å²) in [6.45, 7) is 0. The normalized spacial score (nSPS) is 19.6. The van der Waals surface area contributed by atoms with E-state index in [4.69, 9.17) is 16.7 Å². The van der Waals surface area contributed by atoms with Crippen LogP contribution in [0.25, 0.3) is 5.65 Å². The maximum atomic E-state index is 13.3. The van der Waals surface area contributed by atoms with E-state index in [0.29, 0.717) is 16.4 Å². The molecule has 0 radical (unpaired) electrons. The van der Waals surface area contributed by atoms with E-state index in [1.165, 1.54) is 10.7 Å². The average molecular weight is 345 g/mol. The van der Waals surface area contributed by atoms with Gasteiger partial charge in [0.1, 0.15) is 0 Å². The van der Waals surface area contributed by atoms with Gasteiger partial charge in [-0.25, -0.2) is 23.1 Å². The fourth-order valence-electron chi connectivity index (χ4n) is 2.98. The Balaban J connectivity index is 1.89. The number of amides is 1. The van der Waals surface area contributed by atoms with Crippen molar-refractivity contribution in [2.24, 2.45) is 5.92 Å². The van der Waals surface area contributed by atoms with Gasteiger partial charge in [0.25, 0.3) is 0 Å². The van der Waals surface area contributed by atoms with Crippen LogP contribution in [0, 0.1) is 5.92 Å². The van der Waals surface area contributed by atoms with Crippen molar-refractivity contribution < 1.29 is 18.7 Å². The average Bonchev–Trinajstić information content (AvgIpc) is 2.87. The predicted molar refractivity (Wildman–Crippen MR) is 78.8 cm³/mol. The Morgan fingerprint density at radius 2 is 2.17 bits per heavy atom. The molecule has 3 rings (SSSR count). The van der Waals surface area contributed by atoms with Crippen LogP contribution in [-0.4, -0.2) is 31.7 Å². The van der Waals surface area contributed by atoms with E-state index in [0.717, 1.165) is 0 Å². The first-order valence-corrected chi connectivity index (χ1v) is 7.60. The lowest BCUT2D eigenvalue weighted by Crippen LogP contribution is -2.36. The molecule has 0 spiro atoms. The second-order valence-electron chi connectivity index (χ2n) is 5.76. The highest BCUT2D eigenvalue weighted by atomic mass is 35.5. The number of halogens is 3. The van der Waals surface area contributed by atoms with Gasteiger partial charge in [-0.2, -0.15) is 5.10 Å². The molecule has 1 amide bonds. The van der Waals surface area contributed by atoms with Gasteiger partial charge in [-0.1, -0.05) is 11.6 Å². The molecule has 1 aliphatic rings. The molecule has 2 N–H and O–H groups in total. The standard InChI is InChI=1S/C14H15ClF2N4O2/c15-9-5-11-19-10(7-21(11)18-6-9)12(20-13(22)23)8-1-3-14(16,17)4-2-8/h5-8,12,20H,1-4H2,(H,22,23). The van der Waals surface area contributed by atoms with Crippen LogP contribution in [-0.2, 0) is 0 Å². The van der Waals surface area contributed by atoms with Gasteiger partial charge in [0.15, 0.2) is 5.65 Å². The van der Waals surface area contributed by atoms with Crippen molar-refractivity contribution in [1.29, 1.82) is 0 Å². The molecule has 2 aromatic heterocycles. The summed E-state index contributed by atoms with van der Waals surface area (Å²) < 4.78 is 28.2. The van der Waals surface area contributed by atoms with Gasteiger partial charge in [-0.3, -0.25) is 0 Å². The Labute approximate surface area is 135 Å². The number of hydrogen-bond donors (Lipinski definition) is 2. The van der Waals surface area contributed by atoms with Crippen LogP contribution in [0.5, 0.6) is 0 Å². The van der Waals surface area contributed by atoms with Crippen LogP contribution in [0.2, 0.25) is 5.02 Å². The number of carboxylic acid groups (broad SMARTS) is 1. The third-order valence-electron chi connectivity index (χ3n) is 4.14. The van der Waals surface area contributed by atoms with Crippen molar-refractivity contribution in [3.63, 3.8) is 0 Å². The highest BCUT2D eigenvalue weighted by Crippen LogP contribution is 2.41. The molecule has 2 aromatic rings. The number of alkyl halides is 2. The topological polar surface area (TPSA) is 79.5 Å². The summed E-state index contributed by atoms with van der Waals surface area (Å²) in [5.74, 6) is -2.90. The molecule has 1 fully saturated rings. The molecular weight excluding hydrogens is 330 g/mol. The molecular formula is C14H15ClF2N4O2. The number of nitrogens with one attached hydrogen (secondary N) is 1. The maximum Gasteiger partial charge on any atom is 0.405 e. The summed E-state index contributed by atoms with van der Waals surface area (Å²) in [4.78, 5) is 15.4. The van der Waals surface area contributed by atoms with Crippen molar-refractivity contribution in [1.82, 2.24) is 19.9 Å². The number of carbonyl (C=O) groups is 1. The van der Waals surface area contributed by atoms with E-state index in [2.05, 4.69) is 15.4 Å². The van der Waals surface area contributed by atoms with E-state index in [9.17, 15) is 13.6 Å². The van der Waals surface area contributed by atoms with E-state index >= 15 is 0 Å². The fourth-order valence-corrected chi connectivity index (χ4v) is 3.13. The molecule has 1 unspecified atom stereocenters. The lowest BCUT2D eigenvalue weighted by atomic mass is 9.81. The first kappa shape index (κ1) is 15.9. The minimum atomic E-state index is -2.67. The summed E-state index contributed by atoms with van der Waals surface area (Å²) in [6, 6.07) is 0.953. The fraction of sp³-hybridized carbons (Fsp3) is 0.500. The number of rotatable bonds is 3. The highest BCUT2D eigenvalue weighted by Gasteiger charge is 2.39. The molecule has 0 aliphatic heterocycles. The minimum absolute atomic E-state index is 0.230. The SMILES string of the molecule is O=C(O)NC(c1cn2ncc(Cl)cc2n1)C1CCC(F)(F)CC1. The lowest BCUT2D eigenvalue weighted by Gasteiger charge is -2.32. The van der Waals surface area contributed by atoms with E-state index in [-0.39, 0.29) is 31.6 Å². The van der Waals surface area contributed by atoms with Gasteiger partial charge in [-0.15, -0.1) is 0 Å². The minimum Gasteiger partial charge on any atom is -0.465 e. The van der Waals surface area contributed by atoms with Gasteiger partial charge in [0, 0.05) is 18.9 Å². The van der Waals surface area contributed by atoms with Gasteiger partial charge in [0.2, 0.25) is 5.92 Å². The van der Waals surface area contributed by atoms with Crippen molar-refractivity contribution >= 4 is 23.3 Å². The van der Waals surface area contributed by atoms with Gasteiger partial charge in [-0.05, 0) is 18.8 Å². The Hall–Kier alpha value is -1.96. The molecule has 0 bridgehead atoms. The molecule has 124 valence electrons. The lowest BCUT2D eigenvalue weighted by molar-refractivity contribution is -0.0495. The van der Waals surface area contributed by atoms with E-state index < -0.39 is 18.1 Å². The van der Waals surface area contributed by atoms with Crippen LogP contribution in [0.15, 0.2) is 18.5 Å². The molecule has 0 aromatic carbocycles. The van der Waals surface area contributed by atoms with Crippen molar-refractivity contribution in [2.45, 2.75) is 37.6 Å². The molecule has 1 saturated carbocycles. The Bertz CT molecular complexity index is 727. The number of aromatic nitrogens is 3. The quantitative estimate of drug-likeness (QED) is 0.892. The Morgan fingerprint density at radius 3 is 2.83 bits per heavy atom. The number of fused-ring (bicyclic) bond motifs is 1. The first-order chi connectivity index (χ1) is 10.8. The monoisotopic (exact) mass is 344 g/mol. The number of nitrogens with zero attached hydrogens (tertiary/aromatic N) is 3. The molecule has 6 nitrogen and oxygen atoms in total. The summed E-state index contributed by atoms with van der Waals surface area (Å²) in [5, 5.41) is 15.9. The predicted octanol–water partition coefficient (Wildman–Crippen LogP) is 3.52. The smallest absolute Gasteiger partial charge is 0.405 e. The summed E-state index contributed by atoms with van der Waals surface area (Å²) in [5.41, 5.74) is 0.934. The molecule has 0 saturated heterocycles. The third-order valence-corrected chi connectivity index (χ3v) is 4.34. The second kappa shape index (κ2) is 5.92. The first-order valence-electron chi connectivity index (χ1n) is 7.22. The second-order valence-corrected chi connectivity index (χ2v) is 6.20. The Morgan fingerprint density at radius 1 is 1.48 bits per heavy atom. The van der Waals surface area contributed by atoms with Crippen LogP contribution in [0.1, 0.15) is 37.4 Å². The van der Waals surface area contributed by atoms with Crippen LogP contribution in [0.3, 0.4) is 0 Å². The van der Waals surface area contributed by atoms with Gasteiger partial charge < -0.3 is 10.4 Å². The van der Waals surface area contributed by atoms with Gasteiger partial charge in [0.05, 0.1) is 29.2 Å². The molecule has 1 atom stereocenters. The van der Waals surface area contributed by atoms with Gasteiger partial charge >= 0.3 is 6.09 Å². The zero-order valence-electron chi connectivity index (χ0n) is 12.0. The maximum absolute atomic E-state index is 13.3. The molecule has 9 heteroatoms. The van der Waals surface area contributed by atoms with Crippen LogP contribution in [0.4, 0.5) is 13.6 Å². The van der Waals surface area contributed by atoms with Crippen LogP contribution < -0.4 is 5.32 Å². The molecule has 1 aliphatic carbocycles. The van der Waals surface area contributed by atoms with E-state index in [1.54, 1.807) is 12.3 Å². The van der Waals surface area contributed by atoms with Crippen molar-refractivity contribution in [3.05, 3.63) is 29.2 Å². The van der Waals surface area contributed by atoms with Crippen LogP contribution >= 0.6 is 11.6 Å². The highest BCUT2D eigenvalue weighted by molar-refractivity contribution is 6.30. The summed E-state index contributed by atoms with van der Waals surface area (Å²) in [7, 11) is 0. The van der Waals surface area contributed by atoms with Crippen molar-refractivity contribution in [3.8, 4) is 0 Å². The largest absolute Gasteiger partial charge is 0.465 e. The molecule has 2 heterocycles. The third kappa shape index (κ3) is 3.52. The summed E-state index contributed by atoms with van der Waals surface area (Å²) in [6.07, 6.45) is 1.81. The number of imidazole rings is 1. The summed E-state index contributed by atoms with van der Waals surface area (Å²) >= 11 is 5.86. The molecule has 23 heavy (non-hydrogen) atoms. The van der Waals surface area contributed by atoms with Crippen molar-refractivity contribution in [2.75, 3.05) is 0 Å². The zero-order valence-corrected chi connectivity index (χ0v) is 12.8. The number of hydrogen-bond acceptors (Lipinski definition) is 3. The zero-order chi connectivity index (χ0) is 16.6. The Kier molecular flexibility index (Phi) is 4.09. The van der Waals surface area contributed by atoms with E-state index in [1.807, 2.05) is 0 Å².